The monoisotopic (exact) mass is 407 g/mol. The normalized spacial score (nSPS) is 23.5. The van der Waals surface area contributed by atoms with E-state index in [0.717, 1.165) is 34.8 Å². The molecule has 2 bridgehead atoms. The highest BCUT2D eigenvalue weighted by Crippen LogP contribution is 2.35. The van der Waals surface area contributed by atoms with E-state index in [2.05, 4.69) is 46.8 Å². The third kappa shape index (κ3) is 2.88. The minimum atomic E-state index is -0.809. The predicted molar refractivity (Wildman–Crippen MR) is 99.3 cm³/mol. The van der Waals surface area contributed by atoms with Gasteiger partial charge in [-0.1, -0.05) is 13.8 Å². The summed E-state index contributed by atoms with van der Waals surface area (Å²) in [5.74, 6) is 0.416. The van der Waals surface area contributed by atoms with E-state index in [1.165, 1.54) is 5.56 Å². The highest BCUT2D eigenvalue weighted by atomic mass is 79.9. The Labute approximate surface area is 154 Å². The summed E-state index contributed by atoms with van der Waals surface area (Å²) in [5, 5.41) is 9.50. The molecule has 0 spiro atoms. The molecule has 1 N–H and O–H groups in total. The molecular weight excluding hydrogens is 386 g/mol. The topological polar surface area (TPSA) is 69.8 Å². The molecule has 2 saturated heterocycles. The van der Waals surface area contributed by atoms with Gasteiger partial charge in [0, 0.05) is 13.1 Å². The number of carboxylic acid groups (broad SMARTS) is 1. The lowest BCUT2D eigenvalue weighted by Gasteiger charge is -2.48. The molecule has 0 radical (unpaired) electrons. The number of oxazole rings is 1. The van der Waals surface area contributed by atoms with Crippen LogP contribution in [-0.4, -0.2) is 46.3 Å². The van der Waals surface area contributed by atoms with Crippen molar-refractivity contribution in [3.05, 3.63) is 22.2 Å². The van der Waals surface area contributed by atoms with Crippen LogP contribution in [0.5, 0.6) is 0 Å². The number of aromatic nitrogens is 1. The molecule has 25 heavy (non-hydrogen) atoms. The van der Waals surface area contributed by atoms with Gasteiger partial charge in [0.25, 0.3) is 6.01 Å². The summed E-state index contributed by atoms with van der Waals surface area (Å²) in [6.45, 7) is 5.59. The number of nitrogens with zero attached hydrogens (tertiary/aromatic N) is 3. The fraction of sp³-hybridized carbons (Fsp3) is 0.556. The van der Waals surface area contributed by atoms with Gasteiger partial charge in [-0.3, -0.25) is 4.90 Å². The van der Waals surface area contributed by atoms with Crippen LogP contribution in [0.3, 0.4) is 0 Å². The second kappa shape index (κ2) is 6.20. The van der Waals surface area contributed by atoms with E-state index in [9.17, 15) is 9.90 Å². The SMILES string of the molecule is CC(C)c1cc(Br)c2oc(N3CC4CCCC(C3)N4C(=O)O)nc2c1. The van der Waals surface area contributed by atoms with Crippen molar-refractivity contribution in [3.8, 4) is 0 Å². The van der Waals surface area contributed by atoms with Crippen molar-refractivity contribution in [3.63, 3.8) is 0 Å². The van der Waals surface area contributed by atoms with Gasteiger partial charge in [-0.2, -0.15) is 4.98 Å². The number of benzene rings is 1. The second-order valence-electron chi connectivity index (χ2n) is 7.34. The van der Waals surface area contributed by atoms with Gasteiger partial charge < -0.3 is 14.4 Å². The number of hydrogen-bond donors (Lipinski definition) is 1. The summed E-state index contributed by atoms with van der Waals surface area (Å²) >= 11 is 3.59. The number of piperidine rings is 1. The lowest BCUT2D eigenvalue weighted by Crippen LogP contribution is -2.62. The van der Waals surface area contributed by atoms with Gasteiger partial charge >= 0.3 is 6.09 Å². The third-order valence-corrected chi connectivity index (χ3v) is 5.93. The van der Waals surface area contributed by atoms with Gasteiger partial charge in [0.1, 0.15) is 5.52 Å². The summed E-state index contributed by atoms with van der Waals surface area (Å²) in [4.78, 5) is 20.0. The summed E-state index contributed by atoms with van der Waals surface area (Å²) in [6, 6.07) is 4.80. The molecule has 6 nitrogen and oxygen atoms in total. The zero-order chi connectivity index (χ0) is 17.7. The van der Waals surface area contributed by atoms with E-state index < -0.39 is 6.09 Å². The van der Waals surface area contributed by atoms with Crippen molar-refractivity contribution < 1.29 is 14.3 Å². The number of piperazine rings is 1. The first-order chi connectivity index (χ1) is 11.9. The van der Waals surface area contributed by atoms with Crippen LogP contribution >= 0.6 is 15.9 Å². The first kappa shape index (κ1) is 16.7. The van der Waals surface area contributed by atoms with Gasteiger partial charge in [-0.15, -0.1) is 0 Å². The van der Waals surface area contributed by atoms with Crippen molar-refractivity contribution in [2.24, 2.45) is 0 Å². The van der Waals surface area contributed by atoms with Crippen molar-refractivity contribution in [2.75, 3.05) is 18.0 Å². The fourth-order valence-corrected chi connectivity index (χ4v) is 4.59. The molecule has 0 aliphatic carbocycles. The molecule has 3 heterocycles. The van der Waals surface area contributed by atoms with Crippen LogP contribution in [0, 0.1) is 0 Å². The number of anilines is 1. The third-order valence-electron chi connectivity index (χ3n) is 5.34. The highest BCUT2D eigenvalue weighted by Gasteiger charge is 2.41. The van der Waals surface area contributed by atoms with Crippen LogP contribution in [0.4, 0.5) is 10.8 Å². The van der Waals surface area contributed by atoms with Crippen LogP contribution < -0.4 is 4.90 Å². The summed E-state index contributed by atoms with van der Waals surface area (Å²) in [7, 11) is 0. The molecule has 2 aliphatic rings. The Morgan fingerprint density at radius 3 is 2.60 bits per heavy atom. The molecule has 2 aromatic rings. The van der Waals surface area contributed by atoms with Crippen molar-refractivity contribution >= 4 is 39.1 Å². The highest BCUT2D eigenvalue weighted by molar-refractivity contribution is 9.10. The Hall–Kier alpha value is -1.76. The smallest absolute Gasteiger partial charge is 0.407 e. The number of halogens is 1. The molecule has 0 saturated carbocycles. The predicted octanol–water partition coefficient (Wildman–Crippen LogP) is 4.43. The molecule has 2 atom stereocenters. The van der Waals surface area contributed by atoms with E-state index in [0.29, 0.717) is 25.0 Å². The zero-order valence-electron chi connectivity index (χ0n) is 14.4. The first-order valence-corrected chi connectivity index (χ1v) is 9.59. The number of rotatable bonds is 2. The fourth-order valence-electron chi connectivity index (χ4n) is 4.04. The minimum Gasteiger partial charge on any atom is -0.465 e. The lowest BCUT2D eigenvalue weighted by molar-refractivity contribution is 0.0593. The Kier molecular flexibility index (Phi) is 4.14. The lowest BCUT2D eigenvalue weighted by atomic mass is 9.92. The Morgan fingerprint density at radius 2 is 2.00 bits per heavy atom. The minimum absolute atomic E-state index is 0.0228. The van der Waals surface area contributed by atoms with Gasteiger partial charge in [-0.25, -0.2) is 4.79 Å². The van der Waals surface area contributed by atoms with E-state index >= 15 is 0 Å². The van der Waals surface area contributed by atoms with Crippen molar-refractivity contribution in [2.45, 2.75) is 51.1 Å². The molecule has 2 unspecified atom stereocenters. The molecular formula is C18H22BrN3O3. The summed E-state index contributed by atoms with van der Waals surface area (Å²) in [5.41, 5.74) is 2.82. The molecule has 7 heteroatoms. The molecule has 2 fully saturated rings. The van der Waals surface area contributed by atoms with Crippen LogP contribution in [0.2, 0.25) is 0 Å². The van der Waals surface area contributed by atoms with E-state index in [-0.39, 0.29) is 12.1 Å². The molecule has 134 valence electrons. The number of carbonyl (C=O) groups is 1. The quantitative estimate of drug-likeness (QED) is 0.796. The van der Waals surface area contributed by atoms with E-state index in [4.69, 9.17) is 9.40 Å². The number of fused-ring (bicyclic) bond motifs is 3. The average Bonchev–Trinajstić information content (AvgIpc) is 2.98. The van der Waals surface area contributed by atoms with Gasteiger partial charge in [0.2, 0.25) is 0 Å². The molecule has 2 aliphatic heterocycles. The summed E-state index contributed by atoms with van der Waals surface area (Å²) in [6.07, 6.45) is 2.09. The first-order valence-electron chi connectivity index (χ1n) is 8.80. The number of amides is 1. The van der Waals surface area contributed by atoms with E-state index in [1.807, 2.05) is 0 Å². The van der Waals surface area contributed by atoms with Gasteiger partial charge in [0.05, 0.1) is 16.6 Å². The average molecular weight is 408 g/mol. The zero-order valence-corrected chi connectivity index (χ0v) is 16.0. The number of hydrogen-bond acceptors (Lipinski definition) is 4. The maximum Gasteiger partial charge on any atom is 0.407 e. The van der Waals surface area contributed by atoms with Crippen LogP contribution in [-0.2, 0) is 0 Å². The van der Waals surface area contributed by atoms with Crippen LogP contribution in [0.25, 0.3) is 11.1 Å². The Balaban J connectivity index is 1.66. The largest absolute Gasteiger partial charge is 0.465 e. The van der Waals surface area contributed by atoms with E-state index in [1.54, 1.807) is 4.90 Å². The van der Waals surface area contributed by atoms with Gasteiger partial charge in [0.15, 0.2) is 5.58 Å². The van der Waals surface area contributed by atoms with Crippen molar-refractivity contribution in [1.29, 1.82) is 0 Å². The van der Waals surface area contributed by atoms with Crippen LogP contribution in [0.15, 0.2) is 21.0 Å². The maximum atomic E-state index is 11.6. The van der Waals surface area contributed by atoms with Crippen molar-refractivity contribution in [1.82, 2.24) is 9.88 Å². The molecule has 1 aromatic carbocycles. The molecule has 4 rings (SSSR count). The Morgan fingerprint density at radius 1 is 1.32 bits per heavy atom. The molecule has 1 amide bonds. The standard InChI is InChI=1S/C18H22BrN3O3/c1-10(2)11-6-14(19)16-15(7-11)20-17(25-16)21-8-12-4-3-5-13(9-21)22(12)18(23)24/h6-7,10,12-13H,3-5,8-9H2,1-2H3,(H,23,24). The second-order valence-corrected chi connectivity index (χ2v) is 8.19. The van der Waals surface area contributed by atoms with Gasteiger partial charge in [-0.05, 0) is 58.8 Å². The maximum absolute atomic E-state index is 11.6. The van der Waals surface area contributed by atoms with Crippen LogP contribution in [0.1, 0.15) is 44.6 Å². The Bertz CT molecular complexity index is 805. The summed E-state index contributed by atoms with van der Waals surface area (Å²) < 4.78 is 6.95. The molecule has 1 aromatic heterocycles.